The third-order valence-electron chi connectivity index (χ3n) is 5.00. The lowest BCUT2D eigenvalue weighted by molar-refractivity contribution is -0.148. The number of nitrogens with zero attached hydrogens (tertiary/aromatic N) is 2. The molecular formula is C15H30N4OS. The number of unbranched alkanes of at least 4 members (excludes halogenated alkanes) is 1. The van der Waals surface area contributed by atoms with Crippen LogP contribution in [0.5, 0.6) is 0 Å². The van der Waals surface area contributed by atoms with Gasteiger partial charge in [0.15, 0.2) is 0 Å². The highest BCUT2D eigenvalue weighted by Crippen LogP contribution is 2.41. The van der Waals surface area contributed by atoms with Crippen molar-refractivity contribution in [3.05, 3.63) is 0 Å². The normalized spacial score (nSPS) is 23.1. The molecule has 5 nitrogen and oxygen atoms in total. The van der Waals surface area contributed by atoms with E-state index in [9.17, 15) is 4.79 Å². The molecule has 0 saturated carbocycles. The smallest absolute Gasteiger partial charge is 0.239 e. The zero-order valence-corrected chi connectivity index (χ0v) is 14.3. The average molecular weight is 314 g/mol. The van der Waals surface area contributed by atoms with E-state index >= 15 is 0 Å². The van der Waals surface area contributed by atoms with E-state index in [-0.39, 0.29) is 11.9 Å². The van der Waals surface area contributed by atoms with Gasteiger partial charge < -0.3 is 16.0 Å². The van der Waals surface area contributed by atoms with Gasteiger partial charge in [-0.25, -0.2) is 0 Å². The third kappa shape index (κ3) is 4.12. The fourth-order valence-electron chi connectivity index (χ4n) is 3.48. The number of carbonyl (C=O) groups is 1. The second-order valence-electron chi connectivity index (χ2n) is 6.43. The Morgan fingerprint density at radius 2 is 2.00 bits per heavy atom. The van der Waals surface area contributed by atoms with E-state index in [1.54, 1.807) is 0 Å². The summed E-state index contributed by atoms with van der Waals surface area (Å²) in [7, 11) is 1.89. The zero-order valence-electron chi connectivity index (χ0n) is 13.4. The first kappa shape index (κ1) is 17.1. The van der Waals surface area contributed by atoms with Gasteiger partial charge in [-0.1, -0.05) is 18.4 Å². The molecule has 0 aromatic carbocycles. The lowest BCUT2D eigenvalue weighted by Crippen LogP contribution is -2.64. The number of nitrogens with two attached hydrogens (primary N) is 1. The number of carbonyl (C=O) groups excluding carboxylic acids is 1. The Hall–Kier alpha value is -0.300. The summed E-state index contributed by atoms with van der Waals surface area (Å²) in [5.74, 6) is 0.285. The Morgan fingerprint density at radius 3 is 2.52 bits per heavy atom. The number of nitrogens with one attached hydrogen (secondary N) is 1. The monoisotopic (exact) mass is 314 g/mol. The maximum absolute atomic E-state index is 12.5. The maximum Gasteiger partial charge on any atom is 0.239 e. The fourth-order valence-corrected chi connectivity index (χ4v) is 4.03. The van der Waals surface area contributed by atoms with Crippen LogP contribution in [0.4, 0.5) is 0 Å². The molecule has 2 aliphatic rings. The topological polar surface area (TPSA) is 61.6 Å². The molecule has 2 heterocycles. The Balaban J connectivity index is 1.76. The van der Waals surface area contributed by atoms with Crippen molar-refractivity contribution < 1.29 is 4.79 Å². The van der Waals surface area contributed by atoms with Crippen LogP contribution in [0.1, 0.15) is 32.1 Å². The van der Waals surface area contributed by atoms with Gasteiger partial charge in [-0.3, -0.25) is 9.10 Å². The third-order valence-corrected chi connectivity index (χ3v) is 5.88. The van der Waals surface area contributed by atoms with Gasteiger partial charge >= 0.3 is 0 Å². The Labute approximate surface area is 133 Å². The first-order valence-electron chi connectivity index (χ1n) is 8.09. The summed E-state index contributed by atoms with van der Waals surface area (Å²) in [5, 5.41) is 3.17. The highest BCUT2D eigenvalue weighted by atomic mass is 32.2. The predicted octanol–water partition coefficient (Wildman–Crippen LogP) is 0.906. The Kier molecular flexibility index (Phi) is 6.34. The molecule has 2 aliphatic heterocycles. The van der Waals surface area contributed by atoms with Crippen LogP contribution in [0, 0.1) is 5.41 Å². The van der Waals surface area contributed by atoms with Crippen molar-refractivity contribution in [2.75, 3.05) is 46.0 Å². The summed E-state index contributed by atoms with van der Waals surface area (Å²) < 4.78 is 2.43. The maximum atomic E-state index is 12.5. The molecule has 2 fully saturated rings. The highest BCUT2D eigenvalue weighted by molar-refractivity contribution is 7.96. The average Bonchev–Trinajstić information content (AvgIpc) is 2.49. The molecular weight excluding hydrogens is 284 g/mol. The molecule has 0 aromatic rings. The van der Waals surface area contributed by atoms with Crippen molar-refractivity contribution >= 4 is 17.9 Å². The molecule has 2 rings (SSSR count). The summed E-state index contributed by atoms with van der Waals surface area (Å²) in [5.41, 5.74) is 5.94. The lowest BCUT2D eigenvalue weighted by atomic mass is 9.72. The van der Waals surface area contributed by atoms with Gasteiger partial charge in [0.2, 0.25) is 5.91 Å². The first-order chi connectivity index (χ1) is 10.1. The SMILES string of the molecule is CN[C@H](CCCCN)C(=O)N1CC2(CCN(SC)CC2)C1. The molecule has 1 amide bonds. The zero-order chi connectivity index (χ0) is 15.3. The van der Waals surface area contributed by atoms with Gasteiger partial charge in [-0.2, -0.15) is 0 Å². The molecule has 0 bridgehead atoms. The van der Waals surface area contributed by atoms with E-state index in [2.05, 4.69) is 20.8 Å². The van der Waals surface area contributed by atoms with E-state index in [0.29, 0.717) is 12.0 Å². The number of hydrogen-bond donors (Lipinski definition) is 2. The van der Waals surface area contributed by atoms with E-state index in [4.69, 9.17) is 5.73 Å². The molecule has 0 aliphatic carbocycles. The van der Waals surface area contributed by atoms with Crippen LogP contribution in [-0.2, 0) is 4.79 Å². The van der Waals surface area contributed by atoms with Gasteiger partial charge in [-0.15, -0.1) is 0 Å². The second-order valence-corrected chi connectivity index (χ2v) is 7.31. The van der Waals surface area contributed by atoms with Crippen molar-refractivity contribution in [3.63, 3.8) is 0 Å². The summed E-state index contributed by atoms with van der Waals surface area (Å²) in [4.78, 5) is 14.6. The molecule has 1 atom stereocenters. The molecule has 0 unspecified atom stereocenters. The van der Waals surface area contributed by atoms with E-state index < -0.39 is 0 Å². The second kappa shape index (κ2) is 7.81. The minimum atomic E-state index is -0.0276. The van der Waals surface area contributed by atoms with E-state index in [0.717, 1.165) is 45.4 Å². The fraction of sp³-hybridized carbons (Fsp3) is 0.933. The number of piperidine rings is 1. The number of amides is 1. The van der Waals surface area contributed by atoms with Crippen LogP contribution < -0.4 is 11.1 Å². The number of hydrogen-bond acceptors (Lipinski definition) is 5. The highest BCUT2D eigenvalue weighted by Gasteiger charge is 2.47. The van der Waals surface area contributed by atoms with Gasteiger partial charge in [-0.05, 0) is 45.5 Å². The largest absolute Gasteiger partial charge is 0.340 e. The van der Waals surface area contributed by atoms with Crippen LogP contribution >= 0.6 is 11.9 Å². The summed E-state index contributed by atoms with van der Waals surface area (Å²) in [6, 6.07) is -0.0276. The summed E-state index contributed by atoms with van der Waals surface area (Å²) in [6.07, 6.45) is 7.53. The van der Waals surface area contributed by atoms with Gasteiger partial charge in [0.25, 0.3) is 0 Å². The van der Waals surface area contributed by atoms with Crippen LogP contribution in [0.2, 0.25) is 0 Å². The van der Waals surface area contributed by atoms with Gasteiger partial charge in [0, 0.05) is 31.6 Å². The minimum absolute atomic E-state index is 0.0276. The van der Waals surface area contributed by atoms with Crippen LogP contribution in [0.3, 0.4) is 0 Å². The molecule has 2 saturated heterocycles. The van der Waals surface area contributed by atoms with E-state index in [1.807, 2.05) is 19.0 Å². The molecule has 3 N–H and O–H groups in total. The molecule has 122 valence electrons. The van der Waals surface area contributed by atoms with Crippen LogP contribution in [0.25, 0.3) is 0 Å². The number of likely N-dealkylation sites (N-methyl/N-ethyl adjacent to an activating group) is 1. The summed E-state index contributed by atoms with van der Waals surface area (Å²) >= 11 is 1.84. The van der Waals surface area contributed by atoms with Crippen LogP contribution in [-0.4, -0.2) is 67.2 Å². The standard InChI is InChI=1S/C15H30N4OS/c1-17-13(5-3-4-8-16)14(20)18-11-15(12-18)6-9-19(21-2)10-7-15/h13,17H,3-12,16H2,1-2H3/t13-/m1/s1. The number of likely N-dealkylation sites (tertiary alicyclic amines) is 1. The quantitative estimate of drug-likeness (QED) is 0.540. The minimum Gasteiger partial charge on any atom is -0.340 e. The van der Waals surface area contributed by atoms with Crippen molar-refractivity contribution in [1.29, 1.82) is 0 Å². The van der Waals surface area contributed by atoms with Crippen LogP contribution in [0.15, 0.2) is 0 Å². The Bertz CT molecular complexity index is 337. The molecule has 6 heteroatoms. The summed E-state index contributed by atoms with van der Waals surface area (Å²) in [6.45, 7) is 4.96. The van der Waals surface area contributed by atoms with Crippen molar-refractivity contribution in [2.24, 2.45) is 11.1 Å². The van der Waals surface area contributed by atoms with Crippen molar-refractivity contribution in [2.45, 2.75) is 38.1 Å². The van der Waals surface area contributed by atoms with Crippen molar-refractivity contribution in [1.82, 2.24) is 14.5 Å². The predicted molar refractivity (Wildman–Crippen MR) is 89.1 cm³/mol. The molecule has 21 heavy (non-hydrogen) atoms. The Morgan fingerprint density at radius 1 is 1.33 bits per heavy atom. The number of rotatable bonds is 7. The van der Waals surface area contributed by atoms with Gasteiger partial charge in [0.1, 0.15) is 0 Å². The van der Waals surface area contributed by atoms with Gasteiger partial charge in [0.05, 0.1) is 6.04 Å². The lowest BCUT2D eigenvalue weighted by Gasteiger charge is -2.54. The molecule has 1 spiro atoms. The van der Waals surface area contributed by atoms with E-state index in [1.165, 1.54) is 12.8 Å². The van der Waals surface area contributed by atoms with Crippen molar-refractivity contribution in [3.8, 4) is 0 Å². The molecule has 0 aromatic heterocycles. The first-order valence-corrected chi connectivity index (χ1v) is 9.27. The molecule has 0 radical (unpaired) electrons.